The van der Waals surface area contributed by atoms with Crippen molar-refractivity contribution in [2.45, 2.75) is 66.6 Å². The highest BCUT2D eigenvalue weighted by molar-refractivity contribution is 6.32. The van der Waals surface area contributed by atoms with E-state index in [2.05, 4.69) is 5.32 Å². The Hall–Kier alpha value is -2.53. The summed E-state index contributed by atoms with van der Waals surface area (Å²) in [5, 5.41) is 3.65. The molecule has 2 amide bonds. The zero-order chi connectivity index (χ0) is 23.3. The Morgan fingerprint density at radius 2 is 1.65 bits per heavy atom. The molecular formula is C25H33ClN2O3. The molecular weight excluding hydrogens is 412 g/mol. The van der Waals surface area contributed by atoms with Gasteiger partial charge in [0.1, 0.15) is 11.8 Å². The molecule has 0 unspecified atom stereocenters. The van der Waals surface area contributed by atoms with Gasteiger partial charge in [-0.05, 0) is 82.9 Å². The fraction of sp³-hybridized carbons (Fsp3) is 0.440. The van der Waals surface area contributed by atoms with Gasteiger partial charge in [0.25, 0.3) is 5.91 Å². The average Bonchev–Trinajstić information content (AvgIpc) is 2.67. The minimum absolute atomic E-state index is 0.167. The summed E-state index contributed by atoms with van der Waals surface area (Å²) in [6.07, 6.45) is 0. The van der Waals surface area contributed by atoms with Crippen LogP contribution in [-0.4, -0.2) is 34.9 Å². The van der Waals surface area contributed by atoms with E-state index in [-0.39, 0.29) is 18.4 Å². The van der Waals surface area contributed by atoms with Crippen LogP contribution in [-0.2, 0) is 16.1 Å². The Kier molecular flexibility index (Phi) is 8.13. The highest BCUT2D eigenvalue weighted by Crippen LogP contribution is 2.26. The molecule has 0 saturated carbocycles. The summed E-state index contributed by atoms with van der Waals surface area (Å²) in [6.45, 7) is 13.4. The molecule has 0 fully saturated rings. The van der Waals surface area contributed by atoms with Gasteiger partial charge in [0, 0.05) is 17.1 Å². The molecule has 168 valence electrons. The molecule has 0 aliphatic rings. The van der Waals surface area contributed by atoms with Crippen LogP contribution in [0, 0.1) is 20.8 Å². The van der Waals surface area contributed by atoms with Gasteiger partial charge in [0.15, 0.2) is 6.61 Å². The quantitative estimate of drug-likeness (QED) is 0.655. The highest BCUT2D eigenvalue weighted by Gasteiger charge is 2.29. The smallest absolute Gasteiger partial charge is 0.261 e. The van der Waals surface area contributed by atoms with Crippen LogP contribution in [0.4, 0.5) is 0 Å². The zero-order valence-electron chi connectivity index (χ0n) is 19.5. The van der Waals surface area contributed by atoms with E-state index in [1.807, 2.05) is 77.9 Å². The zero-order valence-corrected chi connectivity index (χ0v) is 20.3. The fourth-order valence-electron chi connectivity index (χ4n) is 3.25. The number of hydrogen-bond donors (Lipinski definition) is 1. The van der Waals surface area contributed by atoms with Gasteiger partial charge < -0.3 is 15.0 Å². The first-order valence-corrected chi connectivity index (χ1v) is 10.8. The first-order chi connectivity index (χ1) is 14.4. The van der Waals surface area contributed by atoms with Crippen LogP contribution in [0.25, 0.3) is 0 Å². The minimum atomic E-state index is -0.649. The number of carbonyl (C=O) groups excluding carboxylic acids is 2. The molecule has 0 spiro atoms. The van der Waals surface area contributed by atoms with E-state index in [0.29, 0.717) is 17.3 Å². The summed E-state index contributed by atoms with van der Waals surface area (Å²) in [6, 6.07) is 10.8. The lowest BCUT2D eigenvalue weighted by Crippen LogP contribution is -2.53. The summed E-state index contributed by atoms with van der Waals surface area (Å²) in [7, 11) is 0. The van der Waals surface area contributed by atoms with Crippen LogP contribution in [0.5, 0.6) is 5.75 Å². The normalized spacial score (nSPS) is 12.3. The number of nitrogens with zero attached hydrogens (tertiary/aromatic N) is 1. The maximum atomic E-state index is 13.2. The molecule has 31 heavy (non-hydrogen) atoms. The number of rotatable bonds is 7. The van der Waals surface area contributed by atoms with Gasteiger partial charge in [-0.1, -0.05) is 35.9 Å². The predicted molar refractivity (Wildman–Crippen MR) is 126 cm³/mol. The molecule has 1 N–H and O–H groups in total. The lowest BCUT2D eigenvalue weighted by molar-refractivity contribution is -0.142. The molecule has 0 bridgehead atoms. The second-order valence-electron chi connectivity index (χ2n) is 9.02. The Morgan fingerprint density at radius 3 is 2.19 bits per heavy atom. The molecule has 0 heterocycles. The largest absolute Gasteiger partial charge is 0.484 e. The number of ether oxygens (including phenoxy) is 1. The Labute approximate surface area is 190 Å². The molecule has 0 saturated heterocycles. The first-order valence-electron chi connectivity index (χ1n) is 10.4. The SMILES string of the molecule is Cc1ccccc1CN(C(=O)COc1cc(C)c(Cl)c(C)c1)[C@H](C)C(=O)NC(C)(C)C. The molecule has 2 aromatic carbocycles. The summed E-state index contributed by atoms with van der Waals surface area (Å²) >= 11 is 6.22. The number of benzene rings is 2. The number of nitrogens with one attached hydrogen (secondary N) is 1. The number of aryl methyl sites for hydroxylation is 3. The first kappa shape index (κ1) is 24.7. The molecule has 0 aromatic heterocycles. The van der Waals surface area contributed by atoms with E-state index < -0.39 is 11.6 Å². The molecule has 2 rings (SSSR count). The topological polar surface area (TPSA) is 58.6 Å². The van der Waals surface area contributed by atoms with Crippen molar-refractivity contribution in [3.05, 3.63) is 63.7 Å². The van der Waals surface area contributed by atoms with Crippen molar-refractivity contribution in [1.82, 2.24) is 10.2 Å². The van der Waals surface area contributed by atoms with Crippen LogP contribution in [0.15, 0.2) is 36.4 Å². The summed E-state index contributed by atoms with van der Waals surface area (Å²) < 4.78 is 5.78. The molecule has 0 radical (unpaired) electrons. The van der Waals surface area contributed by atoms with E-state index in [1.54, 1.807) is 11.8 Å². The summed E-state index contributed by atoms with van der Waals surface area (Å²) in [5.41, 5.74) is 3.44. The Bertz CT molecular complexity index is 927. The van der Waals surface area contributed by atoms with Crippen molar-refractivity contribution in [2.24, 2.45) is 0 Å². The highest BCUT2D eigenvalue weighted by atomic mass is 35.5. The molecule has 2 aromatic rings. The Balaban J connectivity index is 2.23. The van der Waals surface area contributed by atoms with Crippen molar-refractivity contribution in [1.29, 1.82) is 0 Å². The second kappa shape index (κ2) is 10.2. The van der Waals surface area contributed by atoms with Crippen molar-refractivity contribution in [2.75, 3.05) is 6.61 Å². The van der Waals surface area contributed by atoms with Crippen molar-refractivity contribution in [3.63, 3.8) is 0 Å². The molecule has 1 atom stereocenters. The van der Waals surface area contributed by atoms with Crippen LogP contribution < -0.4 is 10.1 Å². The monoisotopic (exact) mass is 444 g/mol. The average molecular weight is 445 g/mol. The van der Waals surface area contributed by atoms with Crippen LogP contribution in [0.1, 0.15) is 49.9 Å². The van der Waals surface area contributed by atoms with E-state index in [0.717, 1.165) is 22.3 Å². The van der Waals surface area contributed by atoms with Gasteiger partial charge in [0.2, 0.25) is 5.91 Å². The summed E-state index contributed by atoms with van der Waals surface area (Å²) in [4.78, 5) is 27.6. The van der Waals surface area contributed by atoms with Gasteiger partial charge in [-0.25, -0.2) is 0 Å². The van der Waals surface area contributed by atoms with Crippen LogP contribution >= 0.6 is 11.6 Å². The van der Waals surface area contributed by atoms with E-state index >= 15 is 0 Å². The van der Waals surface area contributed by atoms with Gasteiger partial charge in [-0.15, -0.1) is 0 Å². The molecule has 5 nitrogen and oxygen atoms in total. The van der Waals surface area contributed by atoms with Crippen LogP contribution in [0.3, 0.4) is 0 Å². The van der Waals surface area contributed by atoms with E-state index in [9.17, 15) is 9.59 Å². The summed E-state index contributed by atoms with van der Waals surface area (Å²) in [5.74, 6) is 0.119. The maximum Gasteiger partial charge on any atom is 0.261 e. The van der Waals surface area contributed by atoms with Gasteiger partial charge >= 0.3 is 0 Å². The fourth-order valence-corrected chi connectivity index (χ4v) is 3.35. The number of carbonyl (C=O) groups is 2. The lowest BCUT2D eigenvalue weighted by Gasteiger charge is -2.31. The Morgan fingerprint density at radius 1 is 1.06 bits per heavy atom. The lowest BCUT2D eigenvalue weighted by atomic mass is 10.1. The van der Waals surface area contributed by atoms with Crippen molar-refractivity contribution in [3.8, 4) is 5.75 Å². The standard InChI is InChI=1S/C25H33ClN2O3/c1-16-10-8-9-11-20(16)14-28(19(4)24(30)27-25(5,6)7)22(29)15-31-21-12-17(2)23(26)18(3)13-21/h8-13,19H,14-15H2,1-7H3,(H,27,30)/t19-/m1/s1. The van der Waals surface area contributed by atoms with Crippen LogP contribution in [0.2, 0.25) is 5.02 Å². The third-order valence-corrected chi connectivity index (χ3v) is 5.64. The van der Waals surface area contributed by atoms with Crippen molar-refractivity contribution >= 4 is 23.4 Å². The number of halogens is 1. The van der Waals surface area contributed by atoms with Gasteiger partial charge in [-0.2, -0.15) is 0 Å². The van der Waals surface area contributed by atoms with Crippen molar-refractivity contribution < 1.29 is 14.3 Å². The minimum Gasteiger partial charge on any atom is -0.484 e. The predicted octanol–water partition coefficient (Wildman–Crippen LogP) is 4.98. The number of hydrogen-bond acceptors (Lipinski definition) is 3. The molecule has 0 aliphatic carbocycles. The third kappa shape index (κ3) is 7.00. The van der Waals surface area contributed by atoms with Gasteiger partial charge in [-0.3, -0.25) is 9.59 Å². The molecule has 6 heteroatoms. The maximum absolute atomic E-state index is 13.2. The van der Waals surface area contributed by atoms with E-state index in [4.69, 9.17) is 16.3 Å². The van der Waals surface area contributed by atoms with Gasteiger partial charge in [0.05, 0.1) is 0 Å². The van der Waals surface area contributed by atoms with E-state index in [1.165, 1.54) is 0 Å². The third-order valence-electron chi connectivity index (χ3n) is 5.04. The number of amides is 2. The molecule has 0 aliphatic heterocycles. The second-order valence-corrected chi connectivity index (χ2v) is 9.40.